The average molecular weight is 368 g/mol. The third kappa shape index (κ3) is 3.12. The van der Waals surface area contributed by atoms with Crippen molar-refractivity contribution in [3.05, 3.63) is 76.5 Å². The number of alkyl halides is 3. The molecule has 0 aliphatic heterocycles. The number of pyridine rings is 1. The summed E-state index contributed by atoms with van der Waals surface area (Å²) < 4.78 is 40.3. The highest BCUT2D eigenvalue weighted by Crippen LogP contribution is 2.47. The maximum atomic E-state index is 13.4. The molecule has 3 rings (SSSR count). The first kappa shape index (κ1) is 16.8. The summed E-state index contributed by atoms with van der Waals surface area (Å²) >= 11 is 12.5. The number of benzene rings is 2. The van der Waals surface area contributed by atoms with E-state index in [-0.39, 0.29) is 16.1 Å². The molecule has 0 bridgehead atoms. The largest absolute Gasteiger partial charge is 0.417 e. The van der Waals surface area contributed by atoms with Gasteiger partial charge in [-0.05, 0) is 17.7 Å². The van der Waals surface area contributed by atoms with Gasteiger partial charge in [0.05, 0.1) is 15.6 Å². The molecule has 3 aromatic rings. The van der Waals surface area contributed by atoms with E-state index >= 15 is 0 Å². The van der Waals surface area contributed by atoms with Crippen LogP contribution in [0.25, 0.3) is 22.3 Å². The Kier molecular flexibility index (Phi) is 4.52. The smallest absolute Gasteiger partial charge is 0.264 e. The lowest BCUT2D eigenvalue weighted by Gasteiger charge is -2.18. The predicted octanol–water partition coefficient (Wildman–Crippen LogP) is 6.74. The molecule has 1 aromatic heterocycles. The van der Waals surface area contributed by atoms with Crippen LogP contribution in [0, 0.1) is 0 Å². The Balaban J connectivity index is 2.37. The molecule has 0 aliphatic carbocycles. The fourth-order valence-corrected chi connectivity index (χ4v) is 3.22. The molecule has 0 spiro atoms. The van der Waals surface area contributed by atoms with Crippen molar-refractivity contribution in [3.63, 3.8) is 0 Å². The quantitative estimate of drug-likeness (QED) is 0.488. The predicted molar refractivity (Wildman–Crippen MR) is 90.1 cm³/mol. The van der Waals surface area contributed by atoms with E-state index in [0.29, 0.717) is 11.1 Å². The maximum absolute atomic E-state index is 13.4. The molecule has 2 aromatic carbocycles. The van der Waals surface area contributed by atoms with Crippen molar-refractivity contribution >= 4 is 23.2 Å². The van der Waals surface area contributed by atoms with Crippen molar-refractivity contribution in [2.75, 3.05) is 0 Å². The summed E-state index contributed by atoms with van der Waals surface area (Å²) in [6.07, 6.45) is -1.64. The van der Waals surface area contributed by atoms with E-state index in [1.807, 2.05) is 0 Å². The Morgan fingerprint density at radius 2 is 1.50 bits per heavy atom. The topological polar surface area (TPSA) is 12.9 Å². The molecule has 0 aliphatic rings. The van der Waals surface area contributed by atoms with Crippen LogP contribution in [0.4, 0.5) is 13.2 Å². The molecule has 6 heteroatoms. The second kappa shape index (κ2) is 6.46. The third-order valence-electron chi connectivity index (χ3n) is 3.54. The Morgan fingerprint density at radius 3 is 2.08 bits per heavy atom. The van der Waals surface area contributed by atoms with Crippen LogP contribution in [0.1, 0.15) is 5.56 Å². The van der Waals surface area contributed by atoms with E-state index in [1.165, 1.54) is 12.4 Å². The molecule has 1 nitrogen and oxygen atoms in total. The zero-order valence-electron chi connectivity index (χ0n) is 12.1. The van der Waals surface area contributed by atoms with Crippen LogP contribution >= 0.6 is 23.2 Å². The molecule has 1 heterocycles. The first-order valence-electron chi connectivity index (χ1n) is 6.94. The minimum atomic E-state index is -4.60. The molecular weight excluding hydrogens is 358 g/mol. The fraction of sp³-hybridized carbons (Fsp3) is 0.0556. The summed E-state index contributed by atoms with van der Waals surface area (Å²) in [6, 6.07) is 12.9. The second-order valence-corrected chi connectivity index (χ2v) is 5.84. The Bertz CT molecular complexity index is 863. The van der Waals surface area contributed by atoms with Gasteiger partial charge < -0.3 is 0 Å². The van der Waals surface area contributed by atoms with E-state index in [0.717, 1.165) is 6.07 Å². The molecule has 0 N–H and O–H groups in total. The highest BCUT2D eigenvalue weighted by molar-refractivity contribution is 6.41. The minimum absolute atomic E-state index is 0.125. The van der Waals surface area contributed by atoms with Gasteiger partial charge in [0.2, 0.25) is 0 Å². The maximum Gasteiger partial charge on any atom is 0.417 e. The molecule has 0 saturated carbocycles. The van der Waals surface area contributed by atoms with Crippen LogP contribution in [0.15, 0.2) is 60.9 Å². The Morgan fingerprint density at radius 1 is 0.833 bits per heavy atom. The van der Waals surface area contributed by atoms with E-state index in [9.17, 15) is 13.2 Å². The summed E-state index contributed by atoms with van der Waals surface area (Å²) in [5.74, 6) is 0. The van der Waals surface area contributed by atoms with Crippen LogP contribution in [-0.4, -0.2) is 4.98 Å². The normalized spacial score (nSPS) is 11.5. The van der Waals surface area contributed by atoms with Gasteiger partial charge in [-0.2, -0.15) is 13.2 Å². The van der Waals surface area contributed by atoms with Gasteiger partial charge in [-0.1, -0.05) is 59.6 Å². The summed E-state index contributed by atoms with van der Waals surface area (Å²) in [5, 5.41) is -0.271. The highest BCUT2D eigenvalue weighted by atomic mass is 35.5. The molecule has 0 radical (unpaired) electrons. The molecule has 24 heavy (non-hydrogen) atoms. The van der Waals surface area contributed by atoms with E-state index < -0.39 is 16.8 Å². The van der Waals surface area contributed by atoms with Crippen LogP contribution in [0.2, 0.25) is 10.0 Å². The van der Waals surface area contributed by atoms with Crippen molar-refractivity contribution in [1.29, 1.82) is 0 Å². The number of halogens is 5. The highest BCUT2D eigenvalue weighted by Gasteiger charge is 2.36. The van der Waals surface area contributed by atoms with E-state index in [2.05, 4.69) is 4.98 Å². The zero-order chi connectivity index (χ0) is 17.3. The second-order valence-electron chi connectivity index (χ2n) is 5.08. The van der Waals surface area contributed by atoms with Gasteiger partial charge in [-0.3, -0.25) is 4.98 Å². The van der Waals surface area contributed by atoms with Crippen LogP contribution < -0.4 is 0 Å². The Hall–Kier alpha value is -2.04. The lowest BCUT2D eigenvalue weighted by atomic mass is 9.96. The summed E-state index contributed by atoms with van der Waals surface area (Å²) in [4.78, 5) is 3.94. The van der Waals surface area contributed by atoms with E-state index in [1.54, 1.807) is 42.5 Å². The van der Waals surface area contributed by atoms with Crippen LogP contribution in [-0.2, 0) is 6.18 Å². The number of hydrogen-bond acceptors (Lipinski definition) is 1. The van der Waals surface area contributed by atoms with Crippen molar-refractivity contribution in [2.45, 2.75) is 6.18 Å². The van der Waals surface area contributed by atoms with Gasteiger partial charge in [-0.15, -0.1) is 0 Å². The fourth-order valence-electron chi connectivity index (χ4n) is 2.43. The van der Waals surface area contributed by atoms with Gasteiger partial charge in [0.1, 0.15) is 0 Å². The number of nitrogens with zero attached hydrogens (tertiary/aromatic N) is 1. The molecule has 122 valence electrons. The van der Waals surface area contributed by atoms with Crippen LogP contribution in [0.5, 0.6) is 0 Å². The Labute approximate surface area is 146 Å². The molecule has 0 fully saturated rings. The molecule has 0 unspecified atom stereocenters. The first-order chi connectivity index (χ1) is 11.4. The summed E-state index contributed by atoms with van der Waals surface area (Å²) in [7, 11) is 0. The molecule has 0 amide bonds. The van der Waals surface area contributed by atoms with Crippen molar-refractivity contribution in [1.82, 2.24) is 4.98 Å². The SMILES string of the molecule is FC(F)(F)c1cc(-c2ccccc2)c(Cl)c(-c2cccnc2)c1Cl. The molecular formula is C18H10Cl2F3N. The number of aromatic nitrogens is 1. The van der Waals surface area contributed by atoms with Crippen molar-refractivity contribution in [2.24, 2.45) is 0 Å². The van der Waals surface area contributed by atoms with Gasteiger partial charge in [0, 0.05) is 29.1 Å². The summed E-state index contributed by atoms with van der Waals surface area (Å²) in [5.41, 5.74) is 0.477. The van der Waals surface area contributed by atoms with Gasteiger partial charge in [-0.25, -0.2) is 0 Å². The van der Waals surface area contributed by atoms with Gasteiger partial charge >= 0.3 is 6.18 Å². The molecule has 0 saturated heterocycles. The van der Waals surface area contributed by atoms with Gasteiger partial charge in [0.25, 0.3) is 0 Å². The van der Waals surface area contributed by atoms with Gasteiger partial charge in [0.15, 0.2) is 0 Å². The average Bonchev–Trinajstić information content (AvgIpc) is 2.56. The van der Waals surface area contributed by atoms with Crippen molar-refractivity contribution in [3.8, 4) is 22.3 Å². The third-order valence-corrected chi connectivity index (χ3v) is 4.33. The molecule has 0 atom stereocenters. The standard InChI is InChI=1S/C18H10Cl2F3N/c19-16-13(11-5-2-1-3-6-11)9-14(18(21,22)23)17(20)15(16)12-7-4-8-24-10-12/h1-10H. The minimum Gasteiger partial charge on any atom is -0.264 e. The van der Waals surface area contributed by atoms with E-state index in [4.69, 9.17) is 23.2 Å². The lowest BCUT2D eigenvalue weighted by molar-refractivity contribution is -0.137. The lowest BCUT2D eigenvalue weighted by Crippen LogP contribution is -2.07. The first-order valence-corrected chi connectivity index (χ1v) is 7.70. The number of rotatable bonds is 2. The van der Waals surface area contributed by atoms with Crippen LogP contribution in [0.3, 0.4) is 0 Å². The zero-order valence-corrected chi connectivity index (χ0v) is 13.6. The monoisotopic (exact) mass is 367 g/mol. The van der Waals surface area contributed by atoms with Crippen molar-refractivity contribution < 1.29 is 13.2 Å². The number of hydrogen-bond donors (Lipinski definition) is 0. The summed E-state index contributed by atoms with van der Waals surface area (Å²) in [6.45, 7) is 0.